The van der Waals surface area contributed by atoms with Crippen LogP contribution in [0.25, 0.3) is 0 Å². The third kappa shape index (κ3) is 12.7. The maximum absolute atomic E-state index is 12.3. The number of rotatable bonds is 16. The molecule has 236 valence electrons. The predicted octanol–water partition coefficient (Wildman–Crippen LogP) is 2.52. The van der Waals surface area contributed by atoms with E-state index in [1.807, 2.05) is 45.0 Å². The van der Waals surface area contributed by atoms with Crippen LogP contribution in [0.5, 0.6) is 0 Å². The fourth-order valence-electron chi connectivity index (χ4n) is 4.30. The molecule has 43 heavy (non-hydrogen) atoms. The highest BCUT2D eigenvalue weighted by Gasteiger charge is 2.41. The maximum atomic E-state index is 12.3. The lowest BCUT2D eigenvalue weighted by Gasteiger charge is -2.27. The van der Waals surface area contributed by atoms with Gasteiger partial charge in [-0.05, 0) is 51.3 Å². The molecule has 12 nitrogen and oxygen atoms in total. The number of carbonyl (C=O) groups is 4. The van der Waals surface area contributed by atoms with Crippen molar-refractivity contribution >= 4 is 23.9 Å². The molecule has 2 saturated heterocycles. The number of ether oxygens (including phenoxy) is 6. The molecule has 2 aliphatic heterocycles. The summed E-state index contributed by atoms with van der Waals surface area (Å²) in [5.41, 5.74) is 1.13. The van der Waals surface area contributed by atoms with Crippen molar-refractivity contribution in [1.29, 1.82) is 0 Å². The summed E-state index contributed by atoms with van der Waals surface area (Å²) >= 11 is 0. The zero-order chi connectivity index (χ0) is 31.1. The first-order valence-corrected chi connectivity index (χ1v) is 14.5. The molecule has 0 aliphatic carbocycles. The number of piperidine rings is 1. The van der Waals surface area contributed by atoms with Crippen molar-refractivity contribution < 1.29 is 47.6 Å². The molecule has 1 N–H and O–H groups in total. The van der Waals surface area contributed by atoms with E-state index in [9.17, 15) is 19.2 Å². The third-order valence-corrected chi connectivity index (χ3v) is 6.32. The van der Waals surface area contributed by atoms with Crippen LogP contribution in [0.4, 0.5) is 4.79 Å². The van der Waals surface area contributed by atoms with E-state index in [4.69, 9.17) is 28.4 Å². The highest BCUT2D eigenvalue weighted by molar-refractivity contribution is 6.01. The Morgan fingerprint density at radius 3 is 2.21 bits per heavy atom. The van der Waals surface area contributed by atoms with Crippen LogP contribution in [0.1, 0.15) is 63.7 Å². The van der Waals surface area contributed by atoms with Gasteiger partial charge in [0.05, 0.1) is 46.2 Å². The van der Waals surface area contributed by atoms with E-state index in [1.165, 1.54) is 4.90 Å². The molecule has 3 amide bonds. The van der Waals surface area contributed by atoms with Gasteiger partial charge in [0.15, 0.2) is 0 Å². The van der Waals surface area contributed by atoms with Gasteiger partial charge < -0.3 is 28.4 Å². The molecule has 12 heteroatoms. The van der Waals surface area contributed by atoms with Gasteiger partial charge >= 0.3 is 12.1 Å². The zero-order valence-electron chi connectivity index (χ0n) is 25.2. The van der Waals surface area contributed by atoms with E-state index in [0.717, 1.165) is 11.1 Å². The molecule has 0 bridgehead atoms. The van der Waals surface area contributed by atoms with Crippen LogP contribution in [-0.2, 0) is 42.8 Å². The van der Waals surface area contributed by atoms with E-state index in [2.05, 4.69) is 17.2 Å². The van der Waals surface area contributed by atoms with E-state index in [1.54, 1.807) is 0 Å². The molecule has 0 spiro atoms. The Morgan fingerprint density at radius 2 is 1.58 bits per heavy atom. The fourth-order valence-corrected chi connectivity index (χ4v) is 4.30. The van der Waals surface area contributed by atoms with Crippen LogP contribution >= 0.6 is 0 Å². The number of cyclic esters (lactones) is 1. The monoisotopic (exact) mass is 602 g/mol. The standard InChI is InChI=1S/C31H42N2O10/c1-31(2,3)43-28(35)7-5-15-39-17-19-41-21-20-40-18-16-38-14-4-6-23-8-10-24(11-9-23)26-22-33(30(37)42-26)25-12-13-27(34)32-29(25)36/h8-11,25-26H,5,7,12-22H2,1-3H3,(H,32,34,36)/t25-,26+/m0/s1. The largest absolute Gasteiger partial charge is 0.460 e. The lowest BCUT2D eigenvalue weighted by atomic mass is 10.0. The summed E-state index contributed by atoms with van der Waals surface area (Å²) in [6.45, 7) is 9.15. The van der Waals surface area contributed by atoms with Crippen LogP contribution in [-0.4, -0.2) is 99.8 Å². The number of nitrogens with one attached hydrogen (secondary N) is 1. The number of nitrogens with zero attached hydrogens (tertiary/aromatic N) is 1. The van der Waals surface area contributed by atoms with Gasteiger partial charge in [-0.1, -0.05) is 24.0 Å². The Morgan fingerprint density at radius 1 is 0.953 bits per heavy atom. The number of hydrogen-bond donors (Lipinski definition) is 1. The summed E-state index contributed by atoms with van der Waals surface area (Å²) in [6, 6.07) is 6.66. The van der Waals surface area contributed by atoms with Gasteiger partial charge in [-0.15, -0.1) is 0 Å². The first-order chi connectivity index (χ1) is 20.6. The Labute approximate surface area is 252 Å². The molecule has 0 saturated carbocycles. The zero-order valence-corrected chi connectivity index (χ0v) is 25.2. The van der Waals surface area contributed by atoms with Crippen LogP contribution < -0.4 is 5.32 Å². The Kier molecular flexibility index (Phi) is 13.9. The lowest BCUT2D eigenvalue weighted by molar-refractivity contribution is -0.155. The average molecular weight is 603 g/mol. The molecule has 1 aromatic carbocycles. The molecule has 0 aromatic heterocycles. The van der Waals surface area contributed by atoms with Crippen molar-refractivity contribution in [2.24, 2.45) is 0 Å². The Balaban J connectivity index is 1.17. The van der Waals surface area contributed by atoms with Crippen molar-refractivity contribution in [1.82, 2.24) is 10.2 Å². The minimum atomic E-state index is -0.695. The number of hydrogen-bond acceptors (Lipinski definition) is 10. The molecule has 0 radical (unpaired) electrons. The molecular formula is C31H42N2O10. The number of carbonyl (C=O) groups excluding carboxylic acids is 4. The van der Waals surface area contributed by atoms with Crippen molar-refractivity contribution in [3.8, 4) is 11.8 Å². The molecule has 2 fully saturated rings. The summed E-state index contributed by atoms with van der Waals surface area (Å²) in [7, 11) is 0. The Hall–Kier alpha value is -3.50. The minimum Gasteiger partial charge on any atom is -0.460 e. The topological polar surface area (TPSA) is 139 Å². The second kappa shape index (κ2) is 17.6. The smallest absolute Gasteiger partial charge is 0.411 e. The van der Waals surface area contributed by atoms with Gasteiger partial charge in [-0.25, -0.2) is 4.79 Å². The SMILES string of the molecule is CC(C)(C)OC(=O)CCCOCCOCCOCCOCC#Cc1ccc([C@H]2CN([C@H]3CCC(=O)NC3=O)C(=O)O2)cc1. The molecule has 2 aliphatic rings. The van der Waals surface area contributed by atoms with Gasteiger partial charge in [-0.3, -0.25) is 24.6 Å². The molecule has 2 heterocycles. The molecule has 0 unspecified atom stereocenters. The van der Waals surface area contributed by atoms with Gasteiger partial charge in [0.2, 0.25) is 11.8 Å². The molecular weight excluding hydrogens is 560 g/mol. The summed E-state index contributed by atoms with van der Waals surface area (Å²) < 4.78 is 32.5. The number of benzene rings is 1. The molecule has 2 atom stereocenters. The first kappa shape index (κ1) is 34.0. The van der Waals surface area contributed by atoms with Gasteiger partial charge in [-0.2, -0.15) is 0 Å². The molecule has 3 rings (SSSR count). The third-order valence-electron chi connectivity index (χ3n) is 6.32. The van der Waals surface area contributed by atoms with Crippen molar-refractivity contribution in [2.75, 3.05) is 59.4 Å². The molecule has 1 aromatic rings. The second-order valence-electron chi connectivity index (χ2n) is 11.0. The number of esters is 1. The van der Waals surface area contributed by atoms with E-state index < -0.39 is 29.7 Å². The van der Waals surface area contributed by atoms with Crippen molar-refractivity contribution in [2.45, 2.75) is 64.2 Å². The van der Waals surface area contributed by atoms with E-state index >= 15 is 0 Å². The van der Waals surface area contributed by atoms with Crippen molar-refractivity contribution in [3.05, 3.63) is 35.4 Å². The van der Waals surface area contributed by atoms with Crippen LogP contribution in [0.3, 0.4) is 0 Å². The normalized spacial score (nSPS) is 18.6. The lowest BCUT2D eigenvalue weighted by Crippen LogP contribution is -2.52. The van der Waals surface area contributed by atoms with Crippen LogP contribution in [0.15, 0.2) is 24.3 Å². The average Bonchev–Trinajstić information content (AvgIpc) is 3.33. The highest BCUT2D eigenvalue weighted by Crippen LogP contribution is 2.29. The maximum Gasteiger partial charge on any atom is 0.411 e. The van der Waals surface area contributed by atoms with E-state index in [-0.39, 0.29) is 31.4 Å². The van der Waals surface area contributed by atoms with E-state index in [0.29, 0.717) is 65.5 Å². The highest BCUT2D eigenvalue weighted by atomic mass is 16.6. The summed E-state index contributed by atoms with van der Waals surface area (Å²) in [4.78, 5) is 48.8. The van der Waals surface area contributed by atoms with Crippen LogP contribution in [0.2, 0.25) is 0 Å². The number of amides is 3. The predicted molar refractivity (Wildman–Crippen MR) is 154 cm³/mol. The summed E-state index contributed by atoms with van der Waals surface area (Å²) in [5.74, 6) is 4.97. The van der Waals surface area contributed by atoms with Gasteiger partial charge in [0.25, 0.3) is 0 Å². The fraction of sp³-hybridized carbons (Fsp3) is 0.613. The van der Waals surface area contributed by atoms with Crippen LogP contribution in [0, 0.1) is 11.8 Å². The summed E-state index contributed by atoms with van der Waals surface area (Å²) in [5, 5.41) is 2.27. The van der Waals surface area contributed by atoms with Crippen molar-refractivity contribution in [3.63, 3.8) is 0 Å². The summed E-state index contributed by atoms with van der Waals surface area (Å²) in [6.07, 6.45) is 0.381. The van der Waals surface area contributed by atoms with Gasteiger partial charge in [0.1, 0.15) is 24.4 Å². The second-order valence-corrected chi connectivity index (χ2v) is 11.0. The first-order valence-electron chi connectivity index (χ1n) is 14.5. The Bertz CT molecular complexity index is 1140. The number of imide groups is 1. The van der Waals surface area contributed by atoms with Gasteiger partial charge in [0, 0.05) is 25.0 Å². The quantitative estimate of drug-likeness (QED) is 0.130. The minimum absolute atomic E-state index is 0.197.